The number of hydrogen-bond acceptors (Lipinski definition) is 2. The zero-order chi connectivity index (χ0) is 13.3. The lowest BCUT2D eigenvalue weighted by Gasteiger charge is -2.14. The highest BCUT2D eigenvalue weighted by molar-refractivity contribution is 6.31. The summed E-state index contributed by atoms with van der Waals surface area (Å²) in [6, 6.07) is 4.01. The van der Waals surface area contributed by atoms with Gasteiger partial charge < -0.3 is 5.11 Å². The maximum atomic E-state index is 13.7. The quantitative estimate of drug-likeness (QED) is 0.940. The minimum atomic E-state index is -1.20. The Morgan fingerprint density at radius 3 is 2.83 bits per heavy atom. The van der Waals surface area contributed by atoms with Gasteiger partial charge in [-0.3, -0.25) is 4.68 Å². The first kappa shape index (κ1) is 13.3. The van der Waals surface area contributed by atoms with Crippen molar-refractivity contribution in [3.05, 3.63) is 51.5 Å². The summed E-state index contributed by atoms with van der Waals surface area (Å²) in [4.78, 5) is 0. The van der Waals surface area contributed by atoms with Gasteiger partial charge in [0.15, 0.2) is 0 Å². The van der Waals surface area contributed by atoms with Crippen LogP contribution in [0.2, 0.25) is 10.0 Å². The molecule has 3 nitrogen and oxygen atoms in total. The highest BCUT2D eigenvalue weighted by Crippen LogP contribution is 2.31. The van der Waals surface area contributed by atoms with Gasteiger partial charge in [0.2, 0.25) is 0 Å². The van der Waals surface area contributed by atoms with E-state index in [1.165, 1.54) is 29.1 Å². The van der Waals surface area contributed by atoms with Gasteiger partial charge in [0.05, 0.1) is 16.9 Å². The molecular weight excluding hydrogens is 278 g/mol. The van der Waals surface area contributed by atoms with E-state index in [9.17, 15) is 9.50 Å². The second kappa shape index (κ2) is 5.26. The molecule has 0 aliphatic heterocycles. The minimum Gasteiger partial charge on any atom is -0.382 e. The molecule has 0 amide bonds. The third-order valence-corrected chi connectivity index (χ3v) is 3.17. The highest BCUT2D eigenvalue weighted by Gasteiger charge is 2.22. The molecule has 2 rings (SSSR count). The Hall–Kier alpha value is -1.10. The zero-order valence-corrected chi connectivity index (χ0v) is 11.1. The van der Waals surface area contributed by atoms with E-state index < -0.39 is 11.9 Å². The van der Waals surface area contributed by atoms with Crippen LogP contribution < -0.4 is 0 Å². The molecule has 0 spiro atoms. The SMILES string of the molecule is CCn1ncc(Cl)c1C(O)c1cc(Cl)ccc1F. The van der Waals surface area contributed by atoms with E-state index in [1.54, 1.807) is 0 Å². The van der Waals surface area contributed by atoms with Crippen molar-refractivity contribution in [2.45, 2.75) is 19.6 Å². The molecule has 0 saturated heterocycles. The Morgan fingerprint density at radius 1 is 1.44 bits per heavy atom. The summed E-state index contributed by atoms with van der Waals surface area (Å²) in [6.07, 6.45) is 0.227. The molecule has 18 heavy (non-hydrogen) atoms. The lowest BCUT2D eigenvalue weighted by atomic mass is 10.1. The van der Waals surface area contributed by atoms with Crippen molar-refractivity contribution in [2.75, 3.05) is 0 Å². The summed E-state index contributed by atoms with van der Waals surface area (Å²) in [6.45, 7) is 2.38. The third kappa shape index (κ3) is 2.36. The molecule has 0 radical (unpaired) electrons. The number of aromatic nitrogens is 2. The molecule has 6 heteroatoms. The highest BCUT2D eigenvalue weighted by atomic mass is 35.5. The van der Waals surface area contributed by atoms with Crippen molar-refractivity contribution in [1.82, 2.24) is 9.78 Å². The number of halogens is 3. The number of rotatable bonds is 3. The van der Waals surface area contributed by atoms with Gasteiger partial charge in [0.25, 0.3) is 0 Å². The molecule has 1 atom stereocenters. The van der Waals surface area contributed by atoms with E-state index in [-0.39, 0.29) is 5.56 Å². The van der Waals surface area contributed by atoms with Gasteiger partial charge in [-0.15, -0.1) is 0 Å². The van der Waals surface area contributed by atoms with E-state index in [1.807, 2.05) is 6.92 Å². The lowest BCUT2D eigenvalue weighted by Crippen LogP contribution is -2.11. The van der Waals surface area contributed by atoms with Crippen molar-refractivity contribution < 1.29 is 9.50 Å². The molecule has 2 aromatic rings. The third-order valence-electron chi connectivity index (χ3n) is 2.64. The first-order valence-electron chi connectivity index (χ1n) is 5.38. The van der Waals surface area contributed by atoms with Crippen molar-refractivity contribution >= 4 is 23.2 Å². The fraction of sp³-hybridized carbons (Fsp3) is 0.250. The van der Waals surface area contributed by atoms with E-state index in [0.29, 0.717) is 22.3 Å². The number of hydrogen-bond donors (Lipinski definition) is 1. The molecule has 0 saturated carbocycles. The van der Waals surface area contributed by atoms with Crippen molar-refractivity contribution in [3.63, 3.8) is 0 Å². The maximum Gasteiger partial charge on any atom is 0.129 e. The Kier molecular flexibility index (Phi) is 3.90. The van der Waals surface area contributed by atoms with Crippen LogP contribution in [0, 0.1) is 5.82 Å². The molecule has 0 bridgehead atoms. The smallest absolute Gasteiger partial charge is 0.129 e. The molecule has 96 valence electrons. The van der Waals surface area contributed by atoms with Crippen molar-refractivity contribution in [2.24, 2.45) is 0 Å². The Bertz CT molecular complexity index is 571. The van der Waals surface area contributed by atoms with Gasteiger partial charge in [0, 0.05) is 17.1 Å². The molecule has 1 heterocycles. The molecule has 1 unspecified atom stereocenters. The standard InChI is InChI=1S/C12H11Cl2FN2O/c1-2-17-11(9(14)6-16-17)12(18)8-5-7(13)3-4-10(8)15/h3-6,12,18H,2H2,1H3. The summed E-state index contributed by atoms with van der Waals surface area (Å²) >= 11 is 11.8. The van der Waals surface area contributed by atoms with Crippen LogP contribution in [0.25, 0.3) is 0 Å². The van der Waals surface area contributed by atoms with Gasteiger partial charge in [-0.05, 0) is 25.1 Å². The van der Waals surface area contributed by atoms with Gasteiger partial charge in [-0.1, -0.05) is 23.2 Å². The molecule has 1 aromatic heterocycles. The predicted molar refractivity (Wildman–Crippen MR) is 68.4 cm³/mol. The largest absolute Gasteiger partial charge is 0.382 e. The second-order valence-corrected chi connectivity index (χ2v) is 4.61. The number of aliphatic hydroxyl groups excluding tert-OH is 1. The van der Waals surface area contributed by atoms with Gasteiger partial charge in [-0.25, -0.2) is 4.39 Å². The van der Waals surface area contributed by atoms with Gasteiger partial charge in [0.1, 0.15) is 11.9 Å². The molecule has 1 aromatic carbocycles. The van der Waals surface area contributed by atoms with E-state index >= 15 is 0 Å². The number of benzene rings is 1. The Labute approximate surface area is 114 Å². The number of aryl methyl sites for hydroxylation is 1. The lowest BCUT2D eigenvalue weighted by molar-refractivity contribution is 0.203. The Balaban J connectivity index is 2.50. The van der Waals surface area contributed by atoms with Crippen molar-refractivity contribution in [3.8, 4) is 0 Å². The fourth-order valence-electron chi connectivity index (χ4n) is 1.77. The second-order valence-electron chi connectivity index (χ2n) is 3.76. The van der Waals surface area contributed by atoms with Crippen LogP contribution in [-0.4, -0.2) is 14.9 Å². The monoisotopic (exact) mass is 288 g/mol. The first-order chi connectivity index (χ1) is 8.54. The Morgan fingerprint density at radius 2 is 2.17 bits per heavy atom. The first-order valence-corrected chi connectivity index (χ1v) is 6.14. The maximum absolute atomic E-state index is 13.7. The fourth-order valence-corrected chi connectivity index (χ4v) is 2.19. The van der Waals surface area contributed by atoms with E-state index in [4.69, 9.17) is 23.2 Å². The zero-order valence-electron chi connectivity index (χ0n) is 9.57. The molecule has 0 aliphatic carbocycles. The van der Waals surface area contributed by atoms with Crippen LogP contribution in [0.15, 0.2) is 24.4 Å². The summed E-state index contributed by atoms with van der Waals surface area (Å²) in [5.41, 5.74) is 0.444. The van der Waals surface area contributed by atoms with Gasteiger partial charge >= 0.3 is 0 Å². The minimum absolute atomic E-state index is 0.0830. The van der Waals surface area contributed by atoms with Crippen molar-refractivity contribution in [1.29, 1.82) is 0 Å². The van der Waals surface area contributed by atoms with Crippen LogP contribution in [0.3, 0.4) is 0 Å². The van der Waals surface area contributed by atoms with E-state index in [2.05, 4.69) is 5.10 Å². The molecule has 0 aliphatic rings. The molecular formula is C12H11Cl2FN2O. The molecule has 0 fully saturated rings. The van der Waals surface area contributed by atoms with Crippen LogP contribution in [0.1, 0.15) is 24.3 Å². The number of aliphatic hydroxyl groups is 1. The van der Waals surface area contributed by atoms with Crippen LogP contribution in [0.4, 0.5) is 4.39 Å². The van der Waals surface area contributed by atoms with E-state index in [0.717, 1.165) is 0 Å². The molecule has 1 N–H and O–H groups in total. The summed E-state index contributed by atoms with van der Waals surface area (Å²) in [7, 11) is 0. The van der Waals surface area contributed by atoms with Gasteiger partial charge in [-0.2, -0.15) is 5.10 Å². The topological polar surface area (TPSA) is 38.0 Å². The summed E-state index contributed by atoms with van der Waals surface area (Å²) in [5, 5.41) is 14.9. The van der Waals surface area contributed by atoms with Crippen LogP contribution >= 0.6 is 23.2 Å². The normalized spacial score (nSPS) is 12.7. The number of nitrogens with zero attached hydrogens (tertiary/aromatic N) is 2. The van der Waals surface area contributed by atoms with Crippen LogP contribution in [0.5, 0.6) is 0 Å². The summed E-state index contributed by atoms with van der Waals surface area (Å²) < 4.78 is 15.2. The van der Waals surface area contributed by atoms with Crippen LogP contribution in [-0.2, 0) is 6.54 Å². The average molecular weight is 289 g/mol. The predicted octanol–water partition coefficient (Wildman–Crippen LogP) is 3.43. The summed E-state index contributed by atoms with van der Waals surface area (Å²) in [5.74, 6) is -0.535. The average Bonchev–Trinajstić information content (AvgIpc) is 2.72.